The van der Waals surface area contributed by atoms with Gasteiger partial charge in [0.15, 0.2) is 0 Å². The number of carbonyl (C=O) groups excluding carboxylic acids is 1. The number of halogens is 1. The smallest absolute Gasteiger partial charge is 0.252 e. The van der Waals surface area contributed by atoms with Gasteiger partial charge in [-0.1, -0.05) is 6.42 Å². The second-order valence-corrected chi connectivity index (χ2v) is 8.98. The van der Waals surface area contributed by atoms with Crippen LogP contribution in [0.25, 0.3) is 10.9 Å². The van der Waals surface area contributed by atoms with E-state index >= 15 is 0 Å². The van der Waals surface area contributed by atoms with Crippen molar-refractivity contribution in [2.45, 2.75) is 38.6 Å². The van der Waals surface area contributed by atoms with Crippen LogP contribution in [0.1, 0.15) is 41.7 Å². The Morgan fingerprint density at radius 2 is 2.11 bits per heavy atom. The number of hydrogen-bond donors (Lipinski definition) is 1. The Labute approximate surface area is 158 Å². The van der Waals surface area contributed by atoms with Crippen LogP contribution in [-0.2, 0) is 10.0 Å². The molecular formula is C19H24FN3O3S. The standard InChI is InChI=1S/C19H24FN3O3S/c1-13-11-17(16-7-6-14(20)12-18(16)22-13)19(24)21-9-8-15-5-3-4-10-23(15)27(2,25)26/h6-7,11-12,15H,3-5,8-10H2,1-2H3,(H,21,24). The molecule has 1 aliphatic rings. The molecule has 2 aromatic rings. The minimum atomic E-state index is -3.24. The van der Waals surface area contributed by atoms with Crippen molar-refractivity contribution >= 4 is 26.8 Å². The van der Waals surface area contributed by atoms with Crippen molar-refractivity contribution in [1.82, 2.24) is 14.6 Å². The molecule has 1 aromatic heterocycles. The van der Waals surface area contributed by atoms with Crippen LogP contribution >= 0.6 is 0 Å². The third-order valence-electron chi connectivity index (χ3n) is 4.91. The highest BCUT2D eigenvalue weighted by atomic mass is 32.2. The molecule has 1 aromatic carbocycles. The van der Waals surface area contributed by atoms with Crippen molar-refractivity contribution in [3.8, 4) is 0 Å². The van der Waals surface area contributed by atoms with E-state index in [4.69, 9.17) is 0 Å². The summed E-state index contributed by atoms with van der Waals surface area (Å²) in [6, 6.07) is 5.77. The molecule has 1 unspecified atom stereocenters. The van der Waals surface area contributed by atoms with E-state index in [1.807, 2.05) is 0 Å². The van der Waals surface area contributed by atoms with E-state index in [1.54, 1.807) is 19.1 Å². The van der Waals surface area contributed by atoms with Crippen molar-refractivity contribution in [2.75, 3.05) is 19.3 Å². The molecule has 1 amide bonds. The van der Waals surface area contributed by atoms with Gasteiger partial charge in [0.25, 0.3) is 5.91 Å². The van der Waals surface area contributed by atoms with Crippen LogP contribution in [0.5, 0.6) is 0 Å². The molecule has 1 aliphatic heterocycles. The van der Waals surface area contributed by atoms with E-state index in [-0.39, 0.29) is 11.9 Å². The Hall–Kier alpha value is -2.06. The summed E-state index contributed by atoms with van der Waals surface area (Å²) < 4.78 is 38.8. The third kappa shape index (κ3) is 4.62. The Bertz CT molecular complexity index is 957. The number of carbonyl (C=O) groups is 1. The fourth-order valence-corrected chi connectivity index (χ4v) is 4.88. The summed E-state index contributed by atoms with van der Waals surface area (Å²) in [5, 5.41) is 3.46. The van der Waals surface area contributed by atoms with Crippen LogP contribution in [0.15, 0.2) is 24.3 Å². The summed E-state index contributed by atoms with van der Waals surface area (Å²) in [5.41, 5.74) is 1.52. The molecule has 1 N–H and O–H groups in total. The number of amides is 1. The van der Waals surface area contributed by atoms with Gasteiger partial charge in [0.05, 0.1) is 17.3 Å². The second-order valence-electron chi connectivity index (χ2n) is 7.04. The van der Waals surface area contributed by atoms with E-state index in [9.17, 15) is 17.6 Å². The zero-order chi connectivity index (χ0) is 19.6. The van der Waals surface area contributed by atoms with Crippen molar-refractivity contribution in [1.29, 1.82) is 0 Å². The van der Waals surface area contributed by atoms with Crippen LogP contribution in [0.2, 0.25) is 0 Å². The first-order valence-corrected chi connectivity index (χ1v) is 10.9. The van der Waals surface area contributed by atoms with Gasteiger partial charge in [0, 0.05) is 36.3 Å². The lowest BCUT2D eigenvalue weighted by Gasteiger charge is -2.33. The highest BCUT2D eigenvalue weighted by molar-refractivity contribution is 7.88. The molecule has 0 saturated carbocycles. The van der Waals surface area contributed by atoms with Crippen molar-refractivity contribution in [3.63, 3.8) is 0 Å². The average molecular weight is 393 g/mol. The number of fused-ring (bicyclic) bond motifs is 1. The zero-order valence-corrected chi connectivity index (χ0v) is 16.4. The SMILES string of the molecule is Cc1cc(C(=O)NCCC2CCCCN2S(C)(=O)=O)c2ccc(F)cc2n1. The second kappa shape index (κ2) is 7.90. The number of aryl methyl sites for hydroxylation is 1. The lowest BCUT2D eigenvalue weighted by atomic mass is 10.0. The molecule has 8 heteroatoms. The van der Waals surface area contributed by atoms with Crippen LogP contribution in [0, 0.1) is 12.7 Å². The maximum Gasteiger partial charge on any atom is 0.252 e. The van der Waals surface area contributed by atoms with Crippen LogP contribution in [0.3, 0.4) is 0 Å². The highest BCUT2D eigenvalue weighted by Gasteiger charge is 2.29. The fourth-order valence-electron chi connectivity index (χ4n) is 3.67. The van der Waals surface area contributed by atoms with Gasteiger partial charge >= 0.3 is 0 Å². The van der Waals surface area contributed by atoms with Crippen molar-refractivity contribution in [3.05, 3.63) is 41.3 Å². The number of hydrogen-bond acceptors (Lipinski definition) is 4. The topological polar surface area (TPSA) is 79.4 Å². The molecule has 0 spiro atoms. The molecule has 1 atom stereocenters. The Kier molecular flexibility index (Phi) is 5.76. The summed E-state index contributed by atoms with van der Waals surface area (Å²) in [4.78, 5) is 16.9. The molecule has 0 radical (unpaired) electrons. The van der Waals surface area contributed by atoms with Gasteiger partial charge in [0.1, 0.15) is 5.82 Å². The summed E-state index contributed by atoms with van der Waals surface area (Å²) in [6.45, 7) is 2.67. The van der Waals surface area contributed by atoms with Gasteiger partial charge < -0.3 is 5.32 Å². The summed E-state index contributed by atoms with van der Waals surface area (Å²) in [7, 11) is -3.24. The average Bonchev–Trinajstić information content (AvgIpc) is 2.60. The normalized spacial score (nSPS) is 18.6. The van der Waals surface area contributed by atoms with Crippen LogP contribution in [-0.4, -0.2) is 49.0 Å². The molecule has 6 nitrogen and oxygen atoms in total. The zero-order valence-electron chi connectivity index (χ0n) is 15.5. The number of sulfonamides is 1. The molecule has 27 heavy (non-hydrogen) atoms. The third-order valence-corrected chi connectivity index (χ3v) is 6.24. The maximum absolute atomic E-state index is 13.4. The Morgan fingerprint density at radius 3 is 2.85 bits per heavy atom. The minimum Gasteiger partial charge on any atom is -0.352 e. The molecule has 0 aliphatic carbocycles. The van der Waals surface area contributed by atoms with E-state index < -0.39 is 15.8 Å². The first-order valence-electron chi connectivity index (χ1n) is 9.07. The predicted octanol–water partition coefficient (Wildman–Crippen LogP) is 2.62. The molecule has 0 bridgehead atoms. The fraction of sp³-hybridized carbons (Fsp3) is 0.474. The summed E-state index contributed by atoms with van der Waals surface area (Å²) in [6.07, 6.45) is 4.46. The summed E-state index contributed by atoms with van der Waals surface area (Å²) >= 11 is 0. The highest BCUT2D eigenvalue weighted by Crippen LogP contribution is 2.22. The predicted molar refractivity (Wildman–Crippen MR) is 103 cm³/mol. The van der Waals surface area contributed by atoms with Crippen LogP contribution in [0.4, 0.5) is 4.39 Å². The molecule has 3 rings (SSSR count). The lowest BCUT2D eigenvalue weighted by molar-refractivity contribution is 0.0951. The number of piperidine rings is 1. The first-order chi connectivity index (χ1) is 12.8. The number of aromatic nitrogens is 1. The number of nitrogens with one attached hydrogen (secondary N) is 1. The van der Waals surface area contributed by atoms with E-state index in [0.717, 1.165) is 19.3 Å². The monoisotopic (exact) mass is 393 g/mol. The van der Waals surface area contributed by atoms with E-state index in [0.29, 0.717) is 41.7 Å². The Morgan fingerprint density at radius 1 is 1.33 bits per heavy atom. The number of rotatable bonds is 5. The molecule has 1 fully saturated rings. The molecular weight excluding hydrogens is 369 g/mol. The lowest BCUT2D eigenvalue weighted by Crippen LogP contribution is -2.44. The van der Waals surface area contributed by atoms with Gasteiger partial charge in [-0.15, -0.1) is 0 Å². The molecule has 146 valence electrons. The van der Waals surface area contributed by atoms with E-state index in [2.05, 4.69) is 10.3 Å². The number of benzene rings is 1. The summed E-state index contributed by atoms with van der Waals surface area (Å²) in [5.74, 6) is -0.663. The van der Waals surface area contributed by atoms with Crippen molar-refractivity contribution in [2.24, 2.45) is 0 Å². The van der Waals surface area contributed by atoms with Gasteiger partial charge in [0.2, 0.25) is 10.0 Å². The number of pyridine rings is 1. The van der Waals surface area contributed by atoms with Gasteiger partial charge in [-0.25, -0.2) is 12.8 Å². The maximum atomic E-state index is 13.4. The number of nitrogens with zero attached hydrogens (tertiary/aromatic N) is 2. The first kappa shape index (κ1) is 19.7. The molecule has 1 saturated heterocycles. The largest absolute Gasteiger partial charge is 0.352 e. The quantitative estimate of drug-likeness (QED) is 0.847. The van der Waals surface area contributed by atoms with Crippen molar-refractivity contribution < 1.29 is 17.6 Å². The minimum absolute atomic E-state index is 0.0842. The molecule has 2 heterocycles. The van der Waals surface area contributed by atoms with Gasteiger partial charge in [-0.3, -0.25) is 9.78 Å². The Balaban J connectivity index is 1.70. The van der Waals surface area contributed by atoms with Gasteiger partial charge in [-0.2, -0.15) is 4.31 Å². The van der Waals surface area contributed by atoms with Crippen LogP contribution < -0.4 is 5.32 Å². The van der Waals surface area contributed by atoms with E-state index in [1.165, 1.54) is 22.7 Å². The van der Waals surface area contributed by atoms with Gasteiger partial charge in [-0.05, 0) is 44.4 Å².